The van der Waals surface area contributed by atoms with E-state index in [1.807, 2.05) is 23.6 Å². The van der Waals surface area contributed by atoms with E-state index in [1.54, 1.807) is 0 Å². The number of rotatable bonds is 7. The Morgan fingerprint density at radius 1 is 0.483 bits per heavy atom. The Hall–Kier alpha value is -6.82. The van der Waals surface area contributed by atoms with Crippen LogP contribution in [0, 0.1) is 0 Å². The van der Waals surface area contributed by atoms with Gasteiger partial charge in [0.05, 0.1) is 5.52 Å². The molecule has 0 aliphatic heterocycles. The quantitative estimate of drug-likeness (QED) is 0.162. The molecular formula is C53H38N4S. The van der Waals surface area contributed by atoms with E-state index < -0.39 is 0 Å². The molecule has 58 heavy (non-hydrogen) atoms. The maximum atomic E-state index is 5.35. The first-order valence-electron chi connectivity index (χ1n) is 20.0. The van der Waals surface area contributed by atoms with Crippen LogP contribution in [0.3, 0.4) is 0 Å². The van der Waals surface area contributed by atoms with Crippen molar-refractivity contribution in [1.82, 2.24) is 19.9 Å². The molecule has 0 fully saturated rings. The van der Waals surface area contributed by atoms with Crippen LogP contribution in [-0.4, -0.2) is 19.9 Å². The minimum atomic E-state index is -0.0930. The van der Waals surface area contributed by atoms with Crippen molar-refractivity contribution in [3.8, 4) is 67.5 Å². The van der Waals surface area contributed by atoms with Gasteiger partial charge in [-0.25, -0.2) is 15.0 Å². The summed E-state index contributed by atoms with van der Waals surface area (Å²) in [5.74, 6) is 1.96. The highest BCUT2D eigenvalue weighted by Gasteiger charge is 2.40. The molecular weight excluding hydrogens is 725 g/mol. The van der Waals surface area contributed by atoms with Gasteiger partial charge in [0, 0.05) is 53.9 Å². The van der Waals surface area contributed by atoms with Crippen molar-refractivity contribution in [3.63, 3.8) is 0 Å². The van der Waals surface area contributed by atoms with E-state index in [1.165, 1.54) is 48.0 Å². The molecule has 1 unspecified atom stereocenters. The number of benzene rings is 7. The summed E-state index contributed by atoms with van der Waals surface area (Å²) < 4.78 is 2.58. The van der Waals surface area contributed by atoms with Crippen molar-refractivity contribution in [3.05, 3.63) is 181 Å². The maximum Gasteiger partial charge on any atom is 0.164 e. The number of fused-ring (bicyclic) bond motifs is 7. The molecule has 3 aromatic heterocycles. The fourth-order valence-corrected chi connectivity index (χ4v) is 10.5. The fraction of sp³-hybridized carbons (Fsp3) is 0.0943. The third-order valence-electron chi connectivity index (χ3n) is 12.0. The van der Waals surface area contributed by atoms with Gasteiger partial charge in [0.2, 0.25) is 0 Å². The Morgan fingerprint density at radius 3 is 2.00 bits per heavy atom. The van der Waals surface area contributed by atoms with Crippen molar-refractivity contribution in [1.29, 1.82) is 0 Å². The first-order valence-corrected chi connectivity index (χ1v) is 20.8. The van der Waals surface area contributed by atoms with Gasteiger partial charge in [-0.1, -0.05) is 160 Å². The van der Waals surface area contributed by atoms with E-state index in [4.69, 9.17) is 15.0 Å². The first kappa shape index (κ1) is 34.4. The average Bonchev–Trinajstić information content (AvgIpc) is 3.79. The van der Waals surface area contributed by atoms with E-state index in [9.17, 15) is 0 Å². The van der Waals surface area contributed by atoms with Gasteiger partial charge in [-0.15, -0.1) is 11.3 Å². The van der Waals surface area contributed by atoms with Crippen LogP contribution in [0.1, 0.15) is 37.8 Å². The molecule has 0 saturated carbocycles. The molecule has 0 saturated heterocycles. The van der Waals surface area contributed by atoms with Crippen LogP contribution in [0.25, 0.3) is 98.6 Å². The molecule has 10 aromatic rings. The third kappa shape index (κ3) is 5.49. The number of nitrogens with zero attached hydrogens (tertiary/aromatic N) is 4. The number of hydrogen-bond acceptors (Lipinski definition) is 5. The van der Waals surface area contributed by atoms with Crippen LogP contribution in [0.4, 0.5) is 0 Å². The van der Waals surface area contributed by atoms with E-state index >= 15 is 0 Å². The zero-order chi connectivity index (χ0) is 38.8. The molecule has 3 heterocycles. The van der Waals surface area contributed by atoms with Crippen molar-refractivity contribution in [2.45, 2.75) is 32.1 Å². The van der Waals surface area contributed by atoms with Gasteiger partial charge < -0.3 is 0 Å². The first-order chi connectivity index (χ1) is 28.6. The monoisotopic (exact) mass is 762 g/mol. The van der Waals surface area contributed by atoms with Gasteiger partial charge in [-0.2, -0.15) is 0 Å². The number of pyridine rings is 1. The lowest BCUT2D eigenvalue weighted by molar-refractivity contribution is 0.524. The van der Waals surface area contributed by atoms with Gasteiger partial charge in [0.25, 0.3) is 0 Å². The molecule has 5 heteroatoms. The SMILES string of the molecule is CCCC1(C)c2ccccc2-c2c(-c3nc(-c4ccc(-c5ccnc6ccccc56)cc4)nc(-c4cccc(-c5cccc6c5sc5ccccc56)c4)n3)cccc21. The minimum Gasteiger partial charge on any atom is -0.256 e. The summed E-state index contributed by atoms with van der Waals surface area (Å²) >= 11 is 1.85. The van der Waals surface area contributed by atoms with Crippen LogP contribution in [0.5, 0.6) is 0 Å². The van der Waals surface area contributed by atoms with E-state index in [2.05, 4.69) is 177 Å². The Bertz CT molecular complexity index is 3210. The second-order valence-electron chi connectivity index (χ2n) is 15.5. The van der Waals surface area contributed by atoms with Gasteiger partial charge >= 0.3 is 0 Å². The Morgan fingerprint density at radius 2 is 1.12 bits per heavy atom. The van der Waals surface area contributed by atoms with E-state index in [0.29, 0.717) is 17.5 Å². The van der Waals surface area contributed by atoms with Crippen LogP contribution < -0.4 is 0 Å². The average molecular weight is 763 g/mol. The minimum absolute atomic E-state index is 0.0930. The molecule has 0 N–H and O–H groups in total. The van der Waals surface area contributed by atoms with Crippen LogP contribution in [-0.2, 0) is 5.41 Å². The third-order valence-corrected chi connectivity index (χ3v) is 13.2. The van der Waals surface area contributed by atoms with Gasteiger partial charge in [-0.3, -0.25) is 4.98 Å². The molecule has 11 rings (SSSR count). The van der Waals surface area contributed by atoms with Crippen molar-refractivity contribution < 1.29 is 0 Å². The number of thiophene rings is 1. The lowest BCUT2D eigenvalue weighted by Crippen LogP contribution is -2.20. The summed E-state index contributed by atoms with van der Waals surface area (Å²) in [5.41, 5.74) is 13.6. The number of para-hydroxylation sites is 1. The summed E-state index contributed by atoms with van der Waals surface area (Å²) in [4.78, 5) is 20.5. The summed E-state index contributed by atoms with van der Waals surface area (Å²) in [6.07, 6.45) is 4.03. The second-order valence-corrected chi connectivity index (χ2v) is 16.5. The molecule has 1 atom stereocenters. The van der Waals surface area contributed by atoms with E-state index in [0.717, 1.165) is 57.1 Å². The lowest BCUT2D eigenvalue weighted by Gasteiger charge is -2.27. The molecule has 1 aliphatic carbocycles. The Labute approximate surface area is 341 Å². The highest BCUT2D eigenvalue weighted by molar-refractivity contribution is 7.26. The summed E-state index contributed by atoms with van der Waals surface area (Å²) in [6, 6.07) is 58.5. The molecule has 7 aromatic carbocycles. The van der Waals surface area contributed by atoms with Crippen LogP contribution in [0.2, 0.25) is 0 Å². The zero-order valence-corrected chi connectivity index (χ0v) is 33.1. The van der Waals surface area contributed by atoms with Crippen LogP contribution >= 0.6 is 11.3 Å². The van der Waals surface area contributed by atoms with Gasteiger partial charge in [0.15, 0.2) is 17.5 Å². The molecule has 4 nitrogen and oxygen atoms in total. The molecule has 0 radical (unpaired) electrons. The fourth-order valence-electron chi connectivity index (χ4n) is 9.29. The summed E-state index contributed by atoms with van der Waals surface area (Å²) in [7, 11) is 0. The predicted molar refractivity (Wildman–Crippen MR) is 242 cm³/mol. The predicted octanol–water partition coefficient (Wildman–Crippen LogP) is 14.2. The van der Waals surface area contributed by atoms with Crippen molar-refractivity contribution in [2.24, 2.45) is 0 Å². The highest BCUT2D eigenvalue weighted by atomic mass is 32.1. The molecule has 1 aliphatic rings. The smallest absolute Gasteiger partial charge is 0.164 e. The number of aromatic nitrogens is 4. The van der Waals surface area contributed by atoms with Crippen molar-refractivity contribution >= 4 is 42.4 Å². The molecule has 276 valence electrons. The van der Waals surface area contributed by atoms with E-state index in [-0.39, 0.29) is 5.41 Å². The summed E-state index contributed by atoms with van der Waals surface area (Å²) in [6.45, 7) is 4.67. The second kappa shape index (κ2) is 13.7. The Balaban J connectivity index is 1.09. The van der Waals surface area contributed by atoms with Gasteiger partial charge in [-0.05, 0) is 75.2 Å². The standard InChI is InChI=1S/C53H38N4S/c1-3-30-53(2)44-21-7-4-17-42(44)48-43(20-12-22-45(48)53)52-56-50(34-27-25-33(26-28-34)37-29-31-54-46-23-8-5-15-39(37)46)55-51(57-52)36-14-10-13-35(32-36)38-18-11-19-41-40-16-6-9-24-47(40)58-49(38)41/h4-29,31-32H,3,30H2,1-2H3. The topological polar surface area (TPSA) is 51.6 Å². The molecule has 0 bridgehead atoms. The zero-order valence-electron chi connectivity index (χ0n) is 32.3. The lowest BCUT2D eigenvalue weighted by atomic mass is 9.76. The Kier molecular flexibility index (Phi) is 8.12. The highest BCUT2D eigenvalue weighted by Crippen LogP contribution is 2.54. The molecule has 0 spiro atoms. The molecule has 0 amide bonds. The normalized spacial score (nSPS) is 14.6. The number of hydrogen-bond donors (Lipinski definition) is 0. The van der Waals surface area contributed by atoms with Crippen molar-refractivity contribution in [2.75, 3.05) is 0 Å². The van der Waals surface area contributed by atoms with Gasteiger partial charge in [0.1, 0.15) is 0 Å². The summed E-state index contributed by atoms with van der Waals surface area (Å²) in [5, 5.41) is 3.70. The largest absolute Gasteiger partial charge is 0.256 e. The maximum absolute atomic E-state index is 5.35. The van der Waals surface area contributed by atoms with Crippen LogP contribution in [0.15, 0.2) is 170 Å².